The van der Waals surface area contributed by atoms with Gasteiger partial charge in [0.2, 0.25) is 0 Å². The predicted molar refractivity (Wildman–Crippen MR) is 75.6 cm³/mol. The Hall–Kier alpha value is -1.10. The molecule has 0 spiro atoms. The van der Waals surface area contributed by atoms with E-state index in [1.165, 1.54) is 11.3 Å². The van der Waals surface area contributed by atoms with E-state index in [9.17, 15) is 0 Å². The summed E-state index contributed by atoms with van der Waals surface area (Å²) in [4.78, 5) is 4.98. The van der Waals surface area contributed by atoms with Crippen molar-refractivity contribution in [2.24, 2.45) is 0 Å². The van der Waals surface area contributed by atoms with Crippen LogP contribution in [0.2, 0.25) is 0 Å². The van der Waals surface area contributed by atoms with Gasteiger partial charge in [0.25, 0.3) is 0 Å². The first-order valence-electron chi connectivity index (χ1n) is 7.13. The summed E-state index contributed by atoms with van der Waals surface area (Å²) in [7, 11) is 0. The van der Waals surface area contributed by atoms with Gasteiger partial charge < -0.3 is 14.7 Å². The molecule has 0 bridgehead atoms. The number of hydrogen-bond donors (Lipinski definition) is 1. The molecule has 0 unspecified atom stereocenters. The van der Waals surface area contributed by atoms with Crippen LogP contribution in [-0.4, -0.2) is 62.0 Å². The quantitative estimate of drug-likeness (QED) is 0.868. The number of nitrogens with zero attached hydrogens (tertiary/aromatic N) is 2. The second-order valence-corrected chi connectivity index (χ2v) is 5.35. The van der Waals surface area contributed by atoms with Crippen LogP contribution in [-0.2, 0) is 11.2 Å². The van der Waals surface area contributed by atoms with E-state index in [1.54, 1.807) is 0 Å². The van der Waals surface area contributed by atoms with Crippen LogP contribution in [0.1, 0.15) is 5.56 Å². The zero-order chi connectivity index (χ0) is 13.1. The Morgan fingerprint density at radius 2 is 1.74 bits per heavy atom. The zero-order valence-electron chi connectivity index (χ0n) is 11.3. The van der Waals surface area contributed by atoms with Crippen molar-refractivity contribution in [2.45, 2.75) is 12.5 Å². The molecule has 2 fully saturated rings. The highest BCUT2D eigenvalue weighted by atomic mass is 16.5. The predicted octanol–water partition coefficient (Wildman–Crippen LogP) is 0.742. The van der Waals surface area contributed by atoms with Gasteiger partial charge in [-0.15, -0.1) is 0 Å². The van der Waals surface area contributed by atoms with Gasteiger partial charge in [-0.3, -0.25) is 4.90 Å². The lowest BCUT2D eigenvalue weighted by atomic mass is 10.1. The lowest BCUT2D eigenvalue weighted by Gasteiger charge is -2.43. The summed E-state index contributed by atoms with van der Waals surface area (Å²) in [6, 6.07) is 9.25. The van der Waals surface area contributed by atoms with E-state index in [4.69, 9.17) is 9.84 Å². The topological polar surface area (TPSA) is 35.9 Å². The number of ether oxygens (including phenoxy) is 1. The van der Waals surface area contributed by atoms with Gasteiger partial charge in [0.1, 0.15) is 0 Å². The normalized spacial score (nSPS) is 21.4. The third-order valence-electron chi connectivity index (χ3n) is 4.15. The molecule has 0 aliphatic carbocycles. The SMILES string of the molecule is OCCc1ccc(N2CCN(C3COC3)CC2)cc1. The maximum atomic E-state index is 8.92. The molecule has 0 amide bonds. The second kappa shape index (κ2) is 5.90. The van der Waals surface area contributed by atoms with Gasteiger partial charge >= 0.3 is 0 Å². The van der Waals surface area contributed by atoms with Crippen LogP contribution in [0, 0.1) is 0 Å². The molecule has 1 aromatic rings. The minimum atomic E-state index is 0.224. The average Bonchev–Trinajstić information content (AvgIpc) is 2.39. The van der Waals surface area contributed by atoms with Crippen molar-refractivity contribution in [3.8, 4) is 0 Å². The third-order valence-corrected chi connectivity index (χ3v) is 4.15. The Labute approximate surface area is 114 Å². The monoisotopic (exact) mass is 262 g/mol. The Morgan fingerprint density at radius 1 is 1.05 bits per heavy atom. The Kier molecular flexibility index (Phi) is 4.01. The number of aliphatic hydroxyl groups is 1. The average molecular weight is 262 g/mol. The highest BCUT2D eigenvalue weighted by molar-refractivity contribution is 5.48. The fraction of sp³-hybridized carbons (Fsp3) is 0.600. The first kappa shape index (κ1) is 12.9. The summed E-state index contributed by atoms with van der Waals surface area (Å²) in [5.74, 6) is 0. The van der Waals surface area contributed by atoms with Crippen LogP contribution in [0.5, 0.6) is 0 Å². The molecule has 4 heteroatoms. The number of rotatable bonds is 4. The number of benzene rings is 1. The largest absolute Gasteiger partial charge is 0.396 e. The molecule has 1 aromatic carbocycles. The van der Waals surface area contributed by atoms with Crippen LogP contribution in [0.4, 0.5) is 5.69 Å². The number of aliphatic hydroxyl groups excluding tert-OH is 1. The molecule has 3 rings (SSSR count). The van der Waals surface area contributed by atoms with Crippen molar-refractivity contribution in [2.75, 3.05) is 50.9 Å². The molecule has 104 valence electrons. The molecule has 2 aliphatic rings. The minimum Gasteiger partial charge on any atom is -0.396 e. The lowest BCUT2D eigenvalue weighted by Crippen LogP contribution is -2.56. The van der Waals surface area contributed by atoms with Crippen molar-refractivity contribution in [1.82, 2.24) is 4.90 Å². The van der Waals surface area contributed by atoms with E-state index in [0.29, 0.717) is 6.04 Å². The van der Waals surface area contributed by atoms with E-state index in [0.717, 1.165) is 45.8 Å². The fourth-order valence-corrected chi connectivity index (χ4v) is 2.78. The van der Waals surface area contributed by atoms with Crippen molar-refractivity contribution in [3.05, 3.63) is 29.8 Å². The third kappa shape index (κ3) is 2.91. The molecule has 1 N–H and O–H groups in total. The van der Waals surface area contributed by atoms with Crippen LogP contribution in [0.3, 0.4) is 0 Å². The highest BCUT2D eigenvalue weighted by Gasteiger charge is 2.28. The van der Waals surface area contributed by atoms with Crippen LogP contribution < -0.4 is 4.90 Å². The maximum absolute atomic E-state index is 8.92. The van der Waals surface area contributed by atoms with Gasteiger partial charge in [0, 0.05) is 38.5 Å². The number of hydrogen-bond acceptors (Lipinski definition) is 4. The van der Waals surface area contributed by atoms with Crippen LogP contribution >= 0.6 is 0 Å². The summed E-state index contributed by atoms with van der Waals surface area (Å²) in [5, 5.41) is 8.92. The van der Waals surface area contributed by atoms with Gasteiger partial charge in [-0.05, 0) is 24.1 Å². The van der Waals surface area contributed by atoms with Gasteiger partial charge in [-0.1, -0.05) is 12.1 Å². The molecule has 0 aromatic heterocycles. The van der Waals surface area contributed by atoms with Crippen molar-refractivity contribution in [1.29, 1.82) is 0 Å². The first-order chi connectivity index (χ1) is 9.36. The van der Waals surface area contributed by atoms with E-state index >= 15 is 0 Å². The molecule has 2 heterocycles. The standard InChI is InChI=1S/C15H22N2O2/c18-10-5-13-1-3-14(4-2-13)16-6-8-17(9-7-16)15-11-19-12-15/h1-4,15,18H,5-12H2. The molecule has 0 radical (unpaired) electrons. The smallest absolute Gasteiger partial charge is 0.0645 e. The summed E-state index contributed by atoms with van der Waals surface area (Å²) in [6.07, 6.45) is 0.746. The maximum Gasteiger partial charge on any atom is 0.0645 e. The van der Waals surface area contributed by atoms with Crippen LogP contribution in [0.25, 0.3) is 0 Å². The number of piperazine rings is 1. The molecular formula is C15H22N2O2. The number of anilines is 1. The lowest BCUT2D eigenvalue weighted by molar-refractivity contribution is -0.0660. The molecule has 19 heavy (non-hydrogen) atoms. The summed E-state index contributed by atoms with van der Waals surface area (Å²) >= 11 is 0. The highest BCUT2D eigenvalue weighted by Crippen LogP contribution is 2.20. The zero-order valence-corrected chi connectivity index (χ0v) is 11.3. The second-order valence-electron chi connectivity index (χ2n) is 5.35. The van der Waals surface area contributed by atoms with Crippen molar-refractivity contribution in [3.63, 3.8) is 0 Å². The Bertz CT molecular complexity index is 395. The van der Waals surface area contributed by atoms with Gasteiger partial charge in [0.05, 0.1) is 19.3 Å². The van der Waals surface area contributed by atoms with Crippen molar-refractivity contribution >= 4 is 5.69 Å². The molecule has 0 saturated carbocycles. The molecule has 2 saturated heterocycles. The summed E-state index contributed by atoms with van der Waals surface area (Å²) in [5.41, 5.74) is 2.50. The fourth-order valence-electron chi connectivity index (χ4n) is 2.78. The van der Waals surface area contributed by atoms with E-state index in [-0.39, 0.29) is 6.61 Å². The Morgan fingerprint density at radius 3 is 2.26 bits per heavy atom. The summed E-state index contributed by atoms with van der Waals surface area (Å²) in [6.45, 7) is 6.50. The van der Waals surface area contributed by atoms with Gasteiger partial charge in [0.15, 0.2) is 0 Å². The first-order valence-corrected chi connectivity index (χ1v) is 7.13. The van der Waals surface area contributed by atoms with Gasteiger partial charge in [-0.25, -0.2) is 0 Å². The van der Waals surface area contributed by atoms with Gasteiger partial charge in [-0.2, -0.15) is 0 Å². The van der Waals surface area contributed by atoms with E-state index in [1.807, 2.05) is 0 Å². The molecular weight excluding hydrogens is 240 g/mol. The van der Waals surface area contributed by atoms with Crippen LogP contribution in [0.15, 0.2) is 24.3 Å². The summed E-state index contributed by atoms with van der Waals surface area (Å²) < 4.78 is 5.26. The Balaban J connectivity index is 1.55. The van der Waals surface area contributed by atoms with E-state index < -0.39 is 0 Å². The molecule has 4 nitrogen and oxygen atoms in total. The minimum absolute atomic E-state index is 0.224. The molecule has 0 atom stereocenters. The van der Waals surface area contributed by atoms with E-state index in [2.05, 4.69) is 34.1 Å². The molecule has 2 aliphatic heterocycles. The van der Waals surface area contributed by atoms with Crippen molar-refractivity contribution < 1.29 is 9.84 Å².